The van der Waals surface area contributed by atoms with E-state index in [0.717, 1.165) is 0 Å². The van der Waals surface area contributed by atoms with Crippen molar-refractivity contribution in [2.45, 2.75) is 31.9 Å². The van der Waals surface area contributed by atoms with Gasteiger partial charge in [0.2, 0.25) is 0 Å². The summed E-state index contributed by atoms with van der Waals surface area (Å²) in [5.41, 5.74) is 0. The number of carbonyl (C=O) groups is 3. The highest BCUT2D eigenvalue weighted by atomic mass is 16.5. The van der Waals surface area contributed by atoms with Crippen LogP contribution in [0.4, 0.5) is 4.79 Å². The maximum absolute atomic E-state index is 12.3. The number of urea groups is 1. The predicted molar refractivity (Wildman–Crippen MR) is 72.8 cm³/mol. The minimum atomic E-state index is -1.03. The number of ether oxygens (including phenoxy) is 2. The van der Waals surface area contributed by atoms with Gasteiger partial charge in [0.15, 0.2) is 0 Å². The minimum Gasteiger partial charge on any atom is -0.480 e. The van der Waals surface area contributed by atoms with Crippen molar-refractivity contribution in [2.24, 2.45) is 0 Å². The van der Waals surface area contributed by atoms with E-state index in [9.17, 15) is 14.4 Å². The molecular formula is C13H22N2O6. The summed E-state index contributed by atoms with van der Waals surface area (Å²) in [6.07, 6.45) is -0.0263. The minimum absolute atomic E-state index is 0.0696. The van der Waals surface area contributed by atoms with Gasteiger partial charge in [0.25, 0.3) is 0 Å². The lowest BCUT2D eigenvalue weighted by Crippen LogP contribution is -2.54. The molecule has 1 aliphatic rings. The molecule has 1 N–H and O–H groups in total. The highest BCUT2D eigenvalue weighted by molar-refractivity contribution is 5.82. The first-order chi connectivity index (χ1) is 9.90. The summed E-state index contributed by atoms with van der Waals surface area (Å²) >= 11 is 0. The van der Waals surface area contributed by atoms with Crippen molar-refractivity contribution < 1.29 is 29.0 Å². The zero-order chi connectivity index (χ0) is 16.0. The van der Waals surface area contributed by atoms with Gasteiger partial charge < -0.3 is 24.4 Å². The number of amides is 2. The first-order valence-corrected chi connectivity index (χ1v) is 6.83. The van der Waals surface area contributed by atoms with E-state index < -0.39 is 24.1 Å². The van der Waals surface area contributed by atoms with Crippen LogP contribution in [0, 0.1) is 0 Å². The van der Waals surface area contributed by atoms with Crippen LogP contribution < -0.4 is 0 Å². The number of carbonyl (C=O) groups excluding carboxylic acids is 2. The fourth-order valence-corrected chi connectivity index (χ4v) is 2.26. The van der Waals surface area contributed by atoms with Crippen molar-refractivity contribution in [1.29, 1.82) is 0 Å². The third kappa shape index (κ3) is 4.59. The van der Waals surface area contributed by atoms with Gasteiger partial charge >= 0.3 is 18.0 Å². The lowest BCUT2D eigenvalue weighted by Gasteiger charge is -2.36. The van der Waals surface area contributed by atoms with Gasteiger partial charge in [0.1, 0.15) is 6.04 Å². The molecule has 21 heavy (non-hydrogen) atoms. The maximum Gasteiger partial charge on any atom is 0.326 e. The lowest BCUT2D eigenvalue weighted by atomic mass is 10.2. The van der Waals surface area contributed by atoms with E-state index in [4.69, 9.17) is 9.84 Å². The second-order valence-corrected chi connectivity index (χ2v) is 4.87. The topological polar surface area (TPSA) is 96.4 Å². The Labute approximate surface area is 123 Å². The molecule has 1 saturated heterocycles. The molecule has 1 rings (SSSR count). The van der Waals surface area contributed by atoms with Gasteiger partial charge in [-0.2, -0.15) is 0 Å². The first-order valence-electron chi connectivity index (χ1n) is 6.83. The summed E-state index contributed by atoms with van der Waals surface area (Å²) in [6.45, 7) is 2.64. The van der Waals surface area contributed by atoms with Crippen molar-refractivity contribution in [3.8, 4) is 0 Å². The van der Waals surface area contributed by atoms with Crippen molar-refractivity contribution in [2.75, 3.05) is 33.9 Å². The second-order valence-electron chi connectivity index (χ2n) is 4.87. The molecule has 0 bridgehead atoms. The third-order valence-electron chi connectivity index (χ3n) is 3.47. The molecular weight excluding hydrogens is 280 g/mol. The standard InChI is InChI=1S/C13H22N2O6/c1-4-10(12(17)18)14(2)13(19)15-5-6-21-9(8-15)7-11(16)20-3/h9-10H,4-8H2,1-3H3,(H,17,18). The molecule has 0 radical (unpaired) electrons. The molecule has 1 heterocycles. The van der Waals surface area contributed by atoms with Gasteiger partial charge in [0.05, 0.1) is 26.2 Å². The van der Waals surface area contributed by atoms with Gasteiger partial charge in [-0.25, -0.2) is 9.59 Å². The molecule has 1 fully saturated rings. The van der Waals surface area contributed by atoms with Crippen LogP contribution in [0.3, 0.4) is 0 Å². The highest BCUT2D eigenvalue weighted by Crippen LogP contribution is 2.13. The number of carboxylic acids is 1. The van der Waals surface area contributed by atoms with E-state index in [-0.39, 0.29) is 19.0 Å². The van der Waals surface area contributed by atoms with Crippen LogP contribution in [0.2, 0.25) is 0 Å². The number of esters is 1. The van der Waals surface area contributed by atoms with Crippen LogP contribution in [0.5, 0.6) is 0 Å². The van der Waals surface area contributed by atoms with Crippen LogP contribution in [-0.2, 0) is 19.1 Å². The van der Waals surface area contributed by atoms with E-state index in [1.165, 1.54) is 24.0 Å². The van der Waals surface area contributed by atoms with Crippen LogP contribution >= 0.6 is 0 Å². The summed E-state index contributed by atoms with van der Waals surface area (Å²) in [5.74, 6) is -1.44. The Morgan fingerprint density at radius 2 is 2.14 bits per heavy atom. The monoisotopic (exact) mass is 302 g/mol. The van der Waals surface area contributed by atoms with E-state index >= 15 is 0 Å². The molecule has 2 atom stereocenters. The third-order valence-corrected chi connectivity index (χ3v) is 3.47. The molecule has 0 aliphatic carbocycles. The summed E-state index contributed by atoms with van der Waals surface area (Å²) in [7, 11) is 2.76. The number of rotatable bonds is 5. The first kappa shape index (κ1) is 17.2. The molecule has 8 heteroatoms. The highest BCUT2D eigenvalue weighted by Gasteiger charge is 2.32. The fourth-order valence-electron chi connectivity index (χ4n) is 2.26. The molecule has 0 aromatic heterocycles. The van der Waals surface area contributed by atoms with Gasteiger partial charge in [0, 0.05) is 20.1 Å². The smallest absolute Gasteiger partial charge is 0.326 e. The van der Waals surface area contributed by atoms with E-state index in [1.807, 2.05) is 0 Å². The molecule has 8 nitrogen and oxygen atoms in total. The molecule has 0 spiro atoms. The normalized spacial score (nSPS) is 19.8. The average Bonchev–Trinajstić information content (AvgIpc) is 2.46. The summed E-state index contributed by atoms with van der Waals surface area (Å²) in [5, 5.41) is 9.10. The molecule has 2 unspecified atom stereocenters. The summed E-state index contributed by atoms with van der Waals surface area (Å²) in [6, 6.07) is -1.23. The number of nitrogens with zero attached hydrogens (tertiary/aromatic N) is 2. The van der Waals surface area contributed by atoms with Gasteiger partial charge in [-0.3, -0.25) is 4.79 Å². The number of carboxylic acid groups (broad SMARTS) is 1. The van der Waals surface area contributed by atoms with Gasteiger partial charge in [-0.05, 0) is 6.42 Å². The summed E-state index contributed by atoms with van der Waals surface area (Å²) in [4.78, 5) is 37.4. The van der Waals surface area contributed by atoms with Gasteiger partial charge in [-0.1, -0.05) is 6.92 Å². The van der Waals surface area contributed by atoms with E-state index in [1.54, 1.807) is 6.92 Å². The summed E-state index contributed by atoms with van der Waals surface area (Å²) < 4.78 is 9.99. The number of hydrogen-bond acceptors (Lipinski definition) is 5. The Kier molecular flexibility index (Phi) is 6.41. The predicted octanol–water partition coefficient (Wildman–Crippen LogP) is 0.165. The van der Waals surface area contributed by atoms with E-state index in [0.29, 0.717) is 19.6 Å². The number of hydrogen-bond donors (Lipinski definition) is 1. The van der Waals surface area contributed by atoms with Crippen LogP contribution in [0.1, 0.15) is 19.8 Å². The molecule has 0 saturated carbocycles. The zero-order valence-electron chi connectivity index (χ0n) is 12.6. The zero-order valence-corrected chi connectivity index (χ0v) is 12.6. The SMILES string of the molecule is CCC(C(=O)O)N(C)C(=O)N1CCOC(CC(=O)OC)C1. The lowest BCUT2D eigenvalue weighted by molar-refractivity contribution is -0.145. The van der Waals surface area contributed by atoms with Crippen molar-refractivity contribution in [3.05, 3.63) is 0 Å². The van der Waals surface area contributed by atoms with Crippen molar-refractivity contribution in [1.82, 2.24) is 9.80 Å². The largest absolute Gasteiger partial charge is 0.480 e. The molecule has 120 valence electrons. The van der Waals surface area contributed by atoms with Gasteiger partial charge in [-0.15, -0.1) is 0 Å². The van der Waals surface area contributed by atoms with Crippen LogP contribution in [0.25, 0.3) is 0 Å². The molecule has 1 aliphatic heterocycles. The maximum atomic E-state index is 12.3. The molecule has 0 aromatic rings. The van der Waals surface area contributed by atoms with Crippen LogP contribution in [-0.4, -0.2) is 78.9 Å². The quantitative estimate of drug-likeness (QED) is 0.727. The fraction of sp³-hybridized carbons (Fsp3) is 0.769. The van der Waals surface area contributed by atoms with Crippen LogP contribution in [0.15, 0.2) is 0 Å². The van der Waals surface area contributed by atoms with Crippen molar-refractivity contribution >= 4 is 18.0 Å². The average molecular weight is 302 g/mol. The second kappa shape index (κ2) is 7.82. The number of aliphatic carboxylic acids is 1. The Hall–Kier alpha value is -1.83. The van der Waals surface area contributed by atoms with E-state index in [2.05, 4.69) is 4.74 Å². The Balaban J connectivity index is 2.64. The van der Waals surface area contributed by atoms with Crippen molar-refractivity contribution in [3.63, 3.8) is 0 Å². The molecule has 2 amide bonds. The Bertz CT molecular complexity index is 400. The number of likely N-dealkylation sites (N-methyl/N-ethyl adjacent to an activating group) is 1. The number of morpholine rings is 1. The Morgan fingerprint density at radius 1 is 1.48 bits per heavy atom. The number of methoxy groups -OCH3 is 1. The molecule has 0 aromatic carbocycles. The Morgan fingerprint density at radius 3 is 2.67 bits per heavy atom.